The van der Waals surface area contributed by atoms with Crippen LogP contribution in [0.3, 0.4) is 0 Å². The minimum Gasteiger partial charge on any atom is -0.493 e. The van der Waals surface area contributed by atoms with Crippen LogP contribution in [-0.2, 0) is 6.42 Å². The lowest BCUT2D eigenvalue weighted by molar-refractivity contribution is 0.0955. The van der Waals surface area contributed by atoms with Crippen LogP contribution in [0, 0.1) is 34.0 Å². The molecule has 8 nitrogen and oxygen atoms in total. The van der Waals surface area contributed by atoms with Gasteiger partial charge >= 0.3 is 0 Å². The van der Waals surface area contributed by atoms with Crippen molar-refractivity contribution in [1.82, 2.24) is 5.32 Å². The summed E-state index contributed by atoms with van der Waals surface area (Å²) < 4.78 is 10.5. The maximum Gasteiger partial charge on any atom is 0.253 e. The van der Waals surface area contributed by atoms with E-state index in [1.54, 1.807) is 62.8 Å². The van der Waals surface area contributed by atoms with Crippen molar-refractivity contribution >= 4 is 11.6 Å². The van der Waals surface area contributed by atoms with Crippen LogP contribution in [0.5, 0.6) is 11.5 Å². The Kier molecular flexibility index (Phi) is 7.82. The molecule has 0 heterocycles. The first kappa shape index (κ1) is 21.8. The number of rotatable bonds is 8. The van der Waals surface area contributed by atoms with Crippen molar-refractivity contribution in [2.24, 2.45) is 0 Å². The minimum atomic E-state index is -0.360. The molecule has 0 saturated carbocycles. The van der Waals surface area contributed by atoms with E-state index < -0.39 is 0 Å². The number of nitrogens with one attached hydrogen (secondary N) is 2. The van der Waals surface area contributed by atoms with Gasteiger partial charge in [0.25, 0.3) is 5.91 Å². The number of hydrogen-bond donors (Lipinski definition) is 2. The fourth-order valence-corrected chi connectivity index (χ4v) is 2.66. The first-order valence-electron chi connectivity index (χ1n) is 8.87. The molecule has 2 N–H and O–H groups in total. The number of amides is 1. The number of hydrogen-bond acceptors (Lipinski definition) is 7. The average Bonchev–Trinajstić information content (AvgIpc) is 2.79. The average molecular weight is 401 g/mol. The third-order valence-corrected chi connectivity index (χ3v) is 4.16. The second-order valence-corrected chi connectivity index (χ2v) is 5.95. The van der Waals surface area contributed by atoms with E-state index in [4.69, 9.17) is 20.0 Å². The molecule has 2 aromatic carbocycles. The molecule has 2 aromatic rings. The molecule has 0 unspecified atom stereocenters. The van der Waals surface area contributed by atoms with E-state index in [9.17, 15) is 10.1 Å². The fourth-order valence-electron chi connectivity index (χ4n) is 2.66. The van der Waals surface area contributed by atoms with Crippen LogP contribution in [0.1, 0.15) is 15.9 Å². The number of carbonyl (C=O) groups excluding carboxylic acids is 1. The number of methoxy groups -OCH3 is 2. The summed E-state index contributed by atoms with van der Waals surface area (Å²) >= 11 is 0. The number of benzene rings is 2. The predicted molar refractivity (Wildman–Crippen MR) is 110 cm³/mol. The van der Waals surface area contributed by atoms with Gasteiger partial charge in [-0.2, -0.15) is 15.8 Å². The summed E-state index contributed by atoms with van der Waals surface area (Å²) in [6.07, 6.45) is 0.568. The molecule has 0 saturated heterocycles. The van der Waals surface area contributed by atoms with Crippen LogP contribution in [0.25, 0.3) is 0 Å². The molecule has 0 aromatic heterocycles. The van der Waals surface area contributed by atoms with E-state index in [-0.39, 0.29) is 22.7 Å². The summed E-state index contributed by atoms with van der Waals surface area (Å²) in [6, 6.07) is 17.1. The van der Waals surface area contributed by atoms with Gasteiger partial charge in [-0.15, -0.1) is 0 Å². The Labute approximate surface area is 174 Å². The molecule has 0 aliphatic heterocycles. The van der Waals surface area contributed by atoms with Gasteiger partial charge in [-0.25, -0.2) is 0 Å². The topological polar surface area (TPSA) is 131 Å². The Morgan fingerprint density at radius 2 is 1.67 bits per heavy atom. The molecule has 1 amide bonds. The standard InChI is InChI=1S/C22H19N5O3/c1-29-20-8-7-15(11-21(20)30-2)9-10-26-22(28)17-5-3-4-6-18(17)27-19(14-25)16(12-23)13-24/h3-8,11,27H,9-10H2,1-2H3,(H,26,28). The second-order valence-electron chi connectivity index (χ2n) is 5.95. The Bertz CT molecular complexity index is 1070. The summed E-state index contributed by atoms with van der Waals surface area (Å²) in [5.74, 6) is 0.879. The van der Waals surface area contributed by atoms with Gasteiger partial charge in [0.05, 0.1) is 25.5 Å². The van der Waals surface area contributed by atoms with E-state index in [1.165, 1.54) is 0 Å². The zero-order chi connectivity index (χ0) is 21.9. The van der Waals surface area contributed by atoms with Crippen molar-refractivity contribution in [3.8, 4) is 29.7 Å². The maximum absolute atomic E-state index is 12.6. The highest BCUT2D eigenvalue weighted by molar-refractivity contribution is 6.00. The molecule has 0 aliphatic carbocycles. The summed E-state index contributed by atoms with van der Waals surface area (Å²) in [4.78, 5) is 12.6. The number of nitrogens with zero attached hydrogens (tertiary/aromatic N) is 3. The van der Waals surface area contributed by atoms with Crippen molar-refractivity contribution in [3.05, 3.63) is 64.9 Å². The summed E-state index contributed by atoms with van der Waals surface area (Å²) in [6.45, 7) is 0.366. The van der Waals surface area contributed by atoms with Crippen LogP contribution >= 0.6 is 0 Å². The number of para-hydroxylation sites is 1. The van der Waals surface area contributed by atoms with Crippen molar-refractivity contribution < 1.29 is 14.3 Å². The molecule has 0 atom stereocenters. The van der Waals surface area contributed by atoms with Crippen LogP contribution in [0.4, 0.5) is 5.69 Å². The van der Waals surface area contributed by atoms with Crippen LogP contribution in [0.15, 0.2) is 53.7 Å². The number of anilines is 1. The molecular weight excluding hydrogens is 382 g/mol. The summed E-state index contributed by atoms with van der Waals surface area (Å²) in [5, 5.41) is 32.6. The zero-order valence-electron chi connectivity index (χ0n) is 16.5. The third-order valence-electron chi connectivity index (χ3n) is 4.16. The molecule has 8 heteroatoms. The molecule has 0 bridgehead atoms. The van der Waals surface area contributed by atoms with Crippen molar-refractivity contribution in [2.75, 3.05) is 26.1 Å². The predicted octanol–water partition coefficient (Wildman–Crippen LogP) is 2.91. The fraction of sp³-hybridized carbons (Fsp3) is 0.182. The Morgan fingerprint density at radius 1 is 0.967 bits per heavy atom. The number of ether oxygens (including phenoxy) is 2. The van der Waals surface area contributed by atoms with Gasteiger partial charge in [0.2, 0.25) is 0 Å². The van der Waals surface area contributed by atoms with Crippen LogP contribution < -0.4 is 20.1 Å². The largest absolute Gasteiger partial charge is 0.493 e. The Balaban J connectivity index is 2.10. The number of nitriles is 3. The summed E-state index contributed by atoms with van der Waals surface area (Å²) in [5.41, 5.74) is 0.988. The van der Waals surface area contributed by atoms with E-state index in [1.807, 2.05) is 12.1 Å². The SMILES string of the molecule is COc1ccc(CCNC(=O)c2ccccc2NC(C#N)=C(C#N)C#N)cc1OC. The molecule has 2 rings (SSSR count). The third kappa shape index (κ3) is 5.28. The van der Waals surface area contributed by atoms with Crippen molar-refractivity contribution in [2.45, 2.75) is 6.42 Å². The van der Waals surface area contributed by atoms with Gasteiger partial charge in [-0.3, -0.25) is 4.79 Å². The van der Waals surface area contributed by atoms with Gasteiger partial charge < -0.3 is 20.1 Å². The highest BCUT2D eigenvalue weighted by Gasteiger charge is 2.14. The first-order valence-corrected chi connectivity index (χ1v) is 8.87. The summed E-state index contributed by atoms with van der Waals surface area (Å²) in [7, 11) is 3.12. The Hall–Kier alpha value is -4.48. The number of carbonyl (C=O) groups is 1. The van der Waals surface area contributed by atoms with E-state index in [2.05, 4.69) is 10.6 Å². The molecule has 0 fully saturated rings. The van der Waals surface area contributed by atoms with E-state index >= 15 is 0 Å². The number of allylic oxidation sites excluding steroid dienone is 2. The van der Waals surface area contributed by atoms with Gasteiger partial charge in [-0.1, -0.05) is 18.2 Å². The lowest BCUT2D eigenvalue weighted by Gasteiger charge is -2.12. The quantitative estimate of drug-likeness (QED) is 0.650. The molecular formula is C22H19N5O3. The Morgan fingerprint density at radius 3 is 2.30 bits per heavy atom. The van der Waals surface area contributed by atoms with Gasteiger partial charge in [0.1, 0.15) is 23.9 Å². The van der Waals surface area contributed by atoms with E-state index in [0.717, 1.165) is 5.56 Å². The smallest absolute Gasteiger partial charge is 0.253 e. The molecule has 0 aliphatic rings. The normalized spacial score (nSPS) is 9.30. The monoisotopic (exact) mass is 401 g/mol. The first-order chi connectivity index (χ1) is 14.6. The lowest BCUT2D eigenvalue weighted by Crippen LogP contribution is -2.26. The van der Waals surface area contributed by atoms with Crippen LogP contribution in [0.2, 0.25) is 0 Å². The molecule has 30 heavy (non-hydrogen) atoms. The zero-order valence-corrected chi connectivity index (χ0v) is 16.5. The highest BCUT2D eigenvalue weighted by atomic mass is 16.5. The lowest BCUT2D eigenvalue weighted by atomic mass is 10.1. The van der Waals surface area contributed by atoms with Crippen molar-refractivity contribution in [1.29, 1.82) is 15.8 Å². The van der Waals surface area contributed by atoms with Crippen LogP contribution in [-0.4, -0.2) is 26.7 Å². The molecule has 150 valence electrons. The highest BCUT2D eigenvalue weighted by Crippen LogP contribution is 2.27. The molecule has 0 radical (unpaired) electrons. The van der Waals surface area contributed by atoms with Gasteiger partial charge in [0.15, 0.2) is 17.1 Å². The minimum absolute atomic E-state index is 0.217. The second kappa shape index (κ2) is 10.8. The van der Waals surface area contributed by atoms with Gasteiger partial charge in [0, 0.05) is 6.54 Å². The maximum atomic E-state index is 12.6. The molecule has 0 spiro atoms. The van der Waals surface area contributed by atoms with Crippen molar-refractivity contribution in [3.63, 3.8) is 0 Å². The van der Waals surface area contributed by atoms with E-state index in [0.29, 0.717) is 30.2 Å². The van der Waals surface area contributed by atoms with Gasteiger partial charge in [-0.05, 0) is 36.2 Å².